The van der Waals surface area contributed by atoms with E-state index in [1.54, 1.807) is 37.5 Å². The summed E-state index contributed by atoms with van der Waals surface area (Å²) in [5, 5.41) is -1.61. The molecule has 0 fully saturated rings. The third kappa shape index (κ3) is 3.52. The van der Waals surface area contributed by atoms with E-state index in [4.69, 9.17) is 21.4 Å². The van der Waals surface area contributed by atoms with Gasteiger partial charge in [-0.2, -0.15) is 0 Å². The third-order valence-corrected chi connectivity index (χ3v) is 5.50. The summed E-state index contributed by atoms with van der Waals surface area (Å²) in [5.41, 5.74) is 10.8. The number of hydrogen-bond acceptors (Lipinski definition) is 4. The summed E-state index contributed by atoms with van der Waals surface area (Å²) in [6.45, 7) is 1.83. The number of aromatic nitrogens is 1. The van der Waals surface area contributed by atoms with Crippen molar-refractivity contribution in [3.05, 3.63) is 82.4 Å². The molecule has 1 aromatic heterocycles. The fourth-order valence-corrected chi connectivity index (χ4v) is 3.86. The van der Waals surface area contributed by atoms with Crippen LogP contribution in [-0.2, 0) is 11.9 Å². The molecule has 2 aromatic carbocycles. The van der Waals surface area contributed by atoms with Gasteiger partial charge in [-0.1, -0.05) is 12.1 Å². The number of nitrogens with zero attached hydrogens (tertiary/aromatic N) is 3. The van der Waals surface area contributed by atoms with Crippen LogP contribution in [0.4, 0.5) is 10.1 Å². The normalized spacial score (nSPS) is 14.9. The van der Waals surface area contributed by atoms with Crippen LogP contribution in [-0.4, -0.2) is 44.7 Å². The maximum Gasteiger partial charge on any atom is 0.255 e. The summed E-state index contributed by atoms with van der Waals surface area (Å²) < 4.78 is 15.1. The van der Waals surface area contributed by atoms with Gasteiger partial charge in [-0.05, 0) is 53.9 Å². The van der Waals surface area contributed by atoms with Gasteiger partial charge in [0.15, 0.2) is 0 Å². The third-order valence-electron chi connectivity index (χ3n) is 5.50. The summed E-state index contributed by atoms with van der Waals surface area (Å²) in [6.07, 6.45) is 3.18. The molecule has 4 radical (unpaired) electrons. The van der Waals surface area contributed by atoms with Crippen LogP contribution in [0.3, 0.4) is 0 Å². The first-order valence-corrected chi connectivity index (χ1v) is 9.70. The van der Waals surface area contributed by atoms with Crippen LogP contribution in [0.15, 0.2) is 53.7 Å². The second-order valence-electron chi connectivity index (χ2n) is 7.61. The maximum atomic E-state index is 15.1. The largest absolute Gasteiger partial charge is 0.398 e. The Morgan fingerprint density at radius 1 is 1.23 bits per heavy atom. The summed E-state index contributed by atoms with van der Waals surface area (Å²) in [5.74, 6) is -0.846. The van der Waals surface area contributed by atoms with Gasteiger partial charge in [0.05, 0.1) is 26.9 Å². The van der Waals surface area contributed by atoms with Crippen molar-refractivity contribution in [3.8, 4) is 11.1 Å². The molecule has 0 spiro atoms. The zero-order chi connectivity index (χ0) is 22.3. The highest BCUT2D eigenvalue weighted by atomic mass is 19.1. The predicted molar refractivity (Wildman–Crippen MR) is 122 cm³/mol. The summed E-state index contributed by atoms with van der Waals surface area (Å²) in [4.78, 5) is 22.2. The van der Waals surface area contributed by atoms with E-state index in [2.05, 4.69) is 9.98 Å². The van der Waals surface area contributed by atoms with E-state index in [-0.39, 0.29) is 18.1 Å². The molecule has 2 heterocycles. The first kappa shape index (κ1) is 20.8. The Balaban J connectivity index is 1.67. The lowest BCUT2D eigenvalue weighted by Gasteiger charge is -2.33. The lowest BCUT2D eigenvalue weighted by molar-refractivity contribution is 0.0729. The Labute approximate surface area is 183 Å². The van der Waals surface area contributed by atoms with Gasteiger partial charge in [-0.25, -0.2) is 4.39 Å². The number of carbonyl (C=O) groups excluding carboxylic acids is 1. The number of fused-ring (bicyclic) bond motifs is 1. The van der Waals surface area contributed by atoms with Gasteiger partial charge in [-0.3, -0.25) is 14.8 Å². The van der Waals surface area contributed by atoms with Crippen molar-refractivity contribution in [1.29, 1.82) is 0 Å². The van der Waals surface area contributed by atoms with Gasteiger partial charge >= 0.3 is 0 Å². The molecule has 0 bridgehead atoms. The number of hydrogen-bond donors (Lipinski definition) is 1. The molecule has 0 saturated carbocycles. The molecule has 0 unspecified atom stereocenters. The molecule has 150 valence electrons. The number of anilines is 1. The molecule has 3 aromatic rings. The van der Waals surface area contributed by atoms with Gasteiger partial charge in [0, 0.05) is 48.2 Å². The quantitative estimate of drug-likeness (QED) is 0.410. The standard InChI is InChI=1S/C23H19B2FN4O/c1-13-8-20(27)16(11-28-2)9-18(13)14-5-6-15(19(26)10-14)12-30-22(31)17-4-3-7-29-21(17)23(30,24)25/h3-11H,12,27H2,1-2H3. The highest BCUT2D eigenvalue weighted by Gasteiger charge is 2.43. The number of benzene rings is 2. The van der Waals surface area contributed by atoms with Crippen molar-refractivity contribution in [3.63, 3.8) is 0 Å². The van der Waals surface area contributed by atoms with Gasteiger partial charge in [0.2, 0.25) is 0 Å². The lowest BCUT2D eigenvalue weighted by atomic mass is 9.59. The molecule has 1 aliphatic rings. The lowest BCUT2D eigenvalue weighted by Crippen LogP contribution is -2.44. The van der Waals surface area contributed by atoms with Gasteiger partial charge < -0.3 is 10.6 Å². The van der Waals surface area contributed by atoms with Crippen LogP contribution >= 0.6 is 0 Å². The van der Waals surface area contributed by atoms with Crippen LogP contribution in [0.1, 0.15) is 32.7 Å². The minimum atomic E-state index is -1.61. The van der Waals surface area contributed by atoms with Crippen molar-refractivity contribution in [2.24, 2.45) is 4.99 Å². The topological polar surface area (TPSA) is 71.6 Å². The molecular weight excluding hydrogens is 389 g/mol. The van der Waals surface area contributed by atoms with Crippen LogP contribution in [0, 0.1) is 12.7 Å². The molecule has 31 heavy (non-hydrogen) atoms. The Bertz CT molecular complexity index is 1230. The molecule has 1 amide bonds. The Morgan fingerprint density at radius 3 is 2.68 bits per heavy atom. The summed E-state index contributed by atoms with van der Waals surface area (Å²) in [6, 6.07) is 11.8. The molecule has 0 saturated heterocycles. The highest BCUT2D eigenvalue weighted by Crippen LogP contribution is 2.35. The first-order valence-electron chi connectivity index (χ1n) is 9.70. The fraction of sp³-hybridized carbons (Fsp3) is 0.174. The van der Waals surface area contributed by atoms with Gasteiger partial charge in [0.1, 0.15) is 5.82 Å². The number of aliphatic imine (C=N–C) groups is 1. The molecule has 0 atom stereocenters. The number of amides is 1. The number of halogens is 1. The van der Waals surface area contributed by atoms with Crippen molar-refractivity contribution < 1.29 is 9.18 Å². The number of rotatable bonds is 4. The second kappa shape index (κ2) is 7.69. The van der Waals surface area contributed by atoms with Gasteiger partial charge in [-0.15, -0.1) is 0 Å². The second-order valence-corrected chi connectivity index (χ2v) is 7.61. The molecule has 5 nitrogen and oxygen atoms in total. The van der Waals surface area contributed by atoms with E-state index in [9.17, 15) is 4.79 Å². The molecule has 1 aliphatic heterocycles. The van der Waals surface area contributed by atoms with E-state index >= 15 is 4.39 Å². The van der Waals surface area contributed by atoms with Gasteiger partial charge in [0.25, 0.3) is 5.91 Å². The summed E-state index contributed by atoms with van der Waals surface area (Å²) in [7, 11) is 14.1. The van der Waals surface area contributed by atoms with Crippen molar-refractivity contribution >= 4 is 33.5 Å². The Morgan fingerprint density at radius 2 is 2.00 bits per heavy atom. The molecule has 4 rings (SSSR count). The highest BCUT2D eigenvalue weighted by molar-refractivity contribution is 6.42. The number of pyridine rings is 1. The molecule has 2 N–H and O–H groups in total. The monoisotopic (exact) mass is 408 g/mol. The number of aryl methyl sites for hydroxylation is 1. The average molecular weight is 408 g/mol. The van der Waals surface area contributed by atoms with E-state index < -0.39 is 11.2 Å². The van der Waals surface area contributed by atoms with Crippen LogP contribution in [0.2, 0.25) is 0 Å². The number of carbonyl (C=O) groups is 1. The van der Waals surface area contributed by atoms with E-state index in [0.29, 0.717) is 22.4 Å². The Hall–Kier alpha value is -3.41. The first-order chi connectivity index (χ1) is 14.7. The van der Waals surface area contributed by atoms with Crippen molar-refractivity contribution in [2.75, 3.05) is 12.8 Å². The molecular formula is C23H19B2FN4O. The Kier molecular flexibility index (Phi) is 5.17. The average Bonchev–Trinajstić information content (AvgIpc) is 2.92. The van der Waals surface area contributed by atoms with Crippen LogP contribution < -0.4 is 5.73 Å². The molecule has 0 aliphatic carbocycles. The zero-order valence-corrected chi connectivity index (χ0v) is 17.3. The zero-order valence-electron chi connectivity index (χ0n) is 17.3. The van der Waals surface area contributed by atoms with Crippen LogP contribution in [0.5, 0.6) is 0 Å². The van der Waals surface area contributed by atoms with Crippen molar-refractivity contribution in [1.82, 2.24) is 9.88 Å². The van der Waals surface area contributed by atoms with Crippen molar-refractivity contribution in [2.45, 2.75) is 18.8 Å². The SMILES string of the molecule is [B]C1([B])c2ncccc2C(=O)N1Cc1ccc(-c2cc(C=NC)c(N)cc2C)cc1F. The smallest absolute Gasteiger partial charge is 0.255 e. The number of nitrogens with two attached hydrogens (primary N) is 1. The number of nitrogen functional groups attached to an aromatic ring is 1. The predicted octanol–water partition coefficient (Wildman–Crippen LogP) is 2.93. The minimum Gasteiger partial charge on any atom is -0.398 e. The summed E-state index contributed by atoms with van der Waals surface area (Å²) >= 11 is 0. The van der Waals surface area contributed by atoms with E-state index in [1.807, 2.05) is 19.1 Å². The fourth-order valence-electron chi connectivity index (χ4n) is 3.86. The van der Waals surface area contributed by atoms with E-state index in [1.165, 1.54) is 17.2 Å². The van der Waals surface area contributed by atoms with Crippen LogP contribution in [0.25, 0.3) is 11.1 Å². The maximum absolute atomic E-state index is 15.1. The molecule has 8 heteroatoms. The minimum absolute atomic E-state index is 0.0806. The van der Waals surface area contributed by atoms with E-state index in [0.717, 1.165) is 16.7 Å².